The van der Waals surface area contributed by atoms with Gasteiger partial charge < -0.3 is 23.7 Å². The summed E-state index contributed by atoms with van der Waals surface area (Å²) in [5.74, 6) is 2.11. The SMILES string of the molecule is COc1cccc(-c2nnc3ccc(OCCNC(=O)c4cc(-c5ccco5)on4)nn23)c1. The molecule has 0 saturated heterocycles. The van der Waals surface area contributed by atoms with Gasteiger partial charge in [-0.15, -0.1) is 15.3 Å². The van der Waals surface area contributed by atoms with Crippen LogP contribution in [0.2, 0.25) is 0 Å². The average molecular weight is 446 g/mol. The van der Waals surface area contributed by atoms with Gasteiger partial charge in [0.15, 0.2) is 22.9 Å². The van der Waals surface area contributed by atoms with Crippen molar-refractivity contribution in [2.45, 2.75) is 0 Å². The zero-order chi connectivity index (χ0) is 22.6. The molecule has 5 rings (SSSR count). The fourth-order valence-corrected chi connectivity index (χ4v) is 3.12. The predicted molar refractivity (Wildman–Crippen MR) is 115 cm³/mol. The highest BCUT2D eigenvalue weighted by Gasteiger charge is 2.15. The minimum Gasteiger partial charge on any atom is -0.497 e. The molecule has 1 aromatic carbocycles. The van der Waals surface area contributed by atoms with E-state index in [2.05, 4.69) is 25.8 Å². The Morgan fingerprint density at radius 2 is 2.03 bits per heavy atom. The predicted octanol–water partition coefficient (Wildman–Crippen LogP) is 2.86. The van der Waals surface area contributed by atoms with E-state index in [1.54, 1.807) is 35.9 Å². The molecule has 0 aliphatic rings. The van der Waals surface area contributed by atoms with Crippen LogP contribution in [0.15, 0.2) is 69.8 Å². The molecule has 4 aromatic heterocycles. The van der Waals surface area contributed by atoms with Gasteiger partial charge >= 0.3 is 0 Å². The van der Waals surface area contributed by atoms with Gasteiger partial charge in [-0.1, -0.05) is 17.3 Å². The summed E-state index contributed by atoms with van der Waals surface area (Å²) in [5.41, 5.74) is 1.53. The fraction of sp³-hybridized carbons (Fsp3) is 0.136. The molecule has 1 N–H and O–H groups in total. The van der Waals surface area contributed by atoms with E-state index in [4.69, 9.17) is 18.4 Å². The molecule has 5 aromatic rings. The molecule has 0 fully saturated rings. The van der Waals surface area contributed by atoms with Crippen LogP contribution < -0.4 is 14.8 Å². The number of hydrogen-bond donors (Lipinski definition) is 1. The van der Waals surface area contributed by atoms with E-state index in [1.165, 1.54) is 12.3 Å². The standard InChI is InChI=1S/C22H18N6O5/c1-30-15-5-2-4-14(12-15)21-25-24-19-7-8-20(26-28(19)21)32-11-9-23-22(29)16-13-18(33-27-16)17-6-3-10-31-17/h2-8,10,12-13H,9,11H2,1H3,(H,23,29). The molecule has 0 aliphatic heterocycles. The first-order chi connectivity index (χ1) is 16.2. The van der Waals surface area contributed by atoms with E-state index in [1.807, 2.05) is 24.3 Å². The van der Waals surface area contributed by atoms with Gasteiger partial charge in [0.25, 0.3) is 5.91 Å². The lowest BCUT2D eigenvalue weighted by Crippen LogP contribution is -2.28. The summed E-state index contributed by atoms with van der Waals surface area (Å²) in [6, 6.07) is 15.8. The second-order valence-corrected chi connectivity index (χ2v) is 6.86. The van der Waals surface area contributed by atoms with Crippen molar-refractivity contribution in [3.63, 3.8) is 0 Å². The van der Waals surface area contributed by atoms with Crippen molar-refractivity contribution >= 4 is 11.6 Å². The van der Waals surface area contributed by atoms with Gasteiger partial charge in [0, 0.05) is 17.7 Å². The summed E-state index contributed by atoms with van der Waals surface area (Å²) < 4.78 is 22.9. The number of nitrogens with zero attached hydrogens (tertiary/aromatic N) is 5. The number of nitrogens with one attached hydrogen (secondary N) is 1. The molecule has 0 spiro atoms. The number of ether oxygens (including phenoxy) is 2. The molecule has 0 saturated carbocycles. The molecular weight excluding hydrogens is 428 g/mol. The molecule has 1 amide bonds. The molecule has 0 unspecified atom stereocenters. The Kier molecular flexibility index (Phi) is 5.42. The van der Waals surface area contributed by atoms with E-state index in [9.17, 15) is 4.79 Å². The van der Waals surface area contributed by atoms with Crippen LogP contribution in [0, 0.1) is 0 Å². The number of carbonyl (C=O) groups excluding carboxylic acids is 1. The number of amides is 1. The number of furan rings is 1. The number of fused-ring (bicyclic) bond motifs is 1. The number of hydrogen-bond acceptors (Lipinski definition) is 9. The molecule has 0 aliphatic carbocycles. The third-order valence-corrected chi connectivity index (χ3v) is 4.71. The molecule has 11 nitrogen and oxygen atoms in total. The maximum atomic E-state index is 12.3. The number of aromatic nitrogens is 5. The van der Waals surface area contributed by atoms with Gasteiger partial charge in [-0.2, -0.15) is 4.52 Å². The zero-order valence-corrected chi connectivity index (χ0v) is 17.5. The Labute approximate surface area is 186 Å². The molecule has 166 valence electrons. The topological polar surface area (TPSA) is 130 Å². The summed E-state index contributed by atoms with van der Waals surface area (Å²) in [4.78, 5) is 12.3. The van der Waals surface area contributed by atoms with E-state index < -0.39 is 0 Å². The Morgan fingerprint density at radius 1 is 1.09 bits per heavy atom. The van der Waals surface area contributed by atoms with Crippen LogP contribution in [0.3, 0.4) is 0 Å². The second kappa shape index (κ2) is 8.83. The van der Waals surface area contributed by atoms with E-state index >= 15 is 0 Å². The Hall–Kier alpha value is -4.67. The van der Waals surface area contributed by atoms with Crippen LogP contribution in [-0.4, -0.2) is 51.1 Å². The lowest BCUT2D eigenvalue weighted by atomic mass is 10.2. The summed E-state index contributed by atoms with van der Waals surface area (Å²) in [7, 11) is 1.60. The highest BCUT2D eigenvalue weighted by molar-refractivity contribution is 5.92. The third kappa shape index (κ3) is 4.24. The highest BCUT2D eigenvalue weighted by Crippen LogP contribution is 2.23. The molecular formula is C22H18N6O5. The first-order valence-corrected chi connectivity index (χ1v) is 10.00. The lowest BCUT2D eigenvalue weighted by Gasteiger charge is -2.07. The smallest absolute Gasteiger partial charge is 0.273 e. The van der Waals surface area contributed by atoms with Crippen molar-refractivity contribution in [2.24, 2.45) is 0 Å². The van der Waals surface area contributed by atoms with Crippen LogP contribution in [0.25, 0.3) is 28.6 Å². The summed E-state index contributed by atoms with van der Waals surface area (Å²) in [6.45, 7) is 0.441. The number of rotatable bonds is 8. The normalized spacial score (nSPS) is 10.9. The number of carbonyl (C=O) groups is 1. The van der Waals surface area contributed by atoms with Crippen LogP contribution in [0.1, 0.15) is 10.5 Å². The summed E-state index contributed by atoms with van der Waals surface area (Å²) >= 11 is 0. The molecule has 4 heterocycles. The largest absolute Gasteiger partial charge is 0.497 e. The van der Waals surface area contributed by atoms with Crippen LogP contribution in [0.4, 0.5) is 0 Å². The van der Waals surface area contributed by atoms with Gasteiger partial charge in [0.05, 0.1) is 19.9 Å². The van der Waals surface area contributed by atoms with Crippen molar-refractivity contribution in [3.8, 4) is 34.5 Å². The van der Waals surface area contributed by atoms with Crippen molar-refractivity contribution < 1.29 is 23.2 Å². The molecule has 0 bridgehead atoms. The molecule has 11 heteroatoms. The monoisotopic (exact) mass is 446 g/mol. The second-order valence-electron chi connectivity index (χ2n) is 6.86. The molecule has 33 heavy (non-hydrogen) atoms. The zero-order valence-electron chi connectivity index (χ0n) is 17.5. The Balaban J connectivity index is 1.21. The van der Waals surface area contributed by atoms with Gasteiger partial charge in [-0.3, -0.25) is 4.79 Å². The quantitative estimate of drug-likeness (QED) is 0.358. The van der Waals surface area contributed by atoms with Gasteiger partial charge in [0.2, 0.25) is 11.6 Å². The summed E-state index contributed by atoms with van der Waals surface area (Å²) in [6.07, 6.45) is 1.51. The average Bonchev–Trinajstić information content (AvgIpc) is 3.61. The van der Waals surface area contributed by atoms with E-state index in [0.717, 1.165) is 5.56 Å². The van der Waals surface area contributed by atoms with Gasteiger partial charge in [-0.05, 0) is 30.3 Å². The molecule has 0 radical (unpaired) electrons. The lowest BCUT2D eigenvalue weighted by molar-refractivity contribution is 0.0937. The Morgan fingerprint density at radius 3 is 2.88 bits per heavy atom. The third-order valence-electron chi connectivity index (χ3n) is 4.71. The minimum absolute atomic E-state index is 0.147. The van der Waals surface area contributed by atoms with E-state index in [0.29, 0.717) is 34.6 Å². The first kappa shape index (κ1) is 20.2. The van der Waals surface area contributed by atoms with E-state index in [-0.39, 0.29) is 24.8 Å². The van der Waals surface area contributed by atoms with Gasteiger partial charge in [0.1, 0.15) is 12.4 Å². The van der Waals surface area contributed by atoms with Crippen molar-refractivity contribution in [3.05, 3.63) is 66.6 Å². The maximum Gasteiger partial charge on any atom is 0.273 e. The number of methoxy groups -OCH3 is 1. The molecule has 0 atom stereocenters. The van der Waals surface area contributed by atoms with Gasteiger partial charge in [-0.25, -0.2) is 0 Å². The van der Waals surface area contributed by atoms with Crippen LogP contribution in [-0.2, 0) is 0 Å². The van der Waals surface area contributed by atoms with Crippen molar-refractivity contribution in [2.75, 3.05) is 20.3 Å². The Bertz CT molecular complexity index is 1390. The van der Waals surface area contributed by atoms with Crippen LogP contribution >= 0.6 is 0 Å². The van der Waals surface area contributed by atoms with Crippen molar-refractivity contribution in [1.29, 1.82) is 0 Å². The highest BCUT2D eigenvalue weighted by atomic mass is 16.5. The van der Waals surface area contributed by atoms with Crippen molar-refractivity contribution in [1.82, 2.24) is 30.3 Å². The van der Waals surface area contributed by atoms with Crippen LogP contribution in [0.5, 0.6) is 11.6 Å². The first-order valence-electron chi connectivity index (χ1n) is 10.00. The summed E-state index contributed by atoms with van der Waals surface area (Å²) in [5, 5.41) is 19.3. The number of benzene rings is 1. The maximum absolute atomic E-state index is 12.3. The minimum atomic E-state index is -0.386. The fourth-order valence-electron chi connectivity index (χ4n) is 3.12.